The fourth-order valence-corrected chi connectivity index (χ4v) is 1.31. The Bertz CT molecular complexity index is 334. The van der Waals surface area contributed by atoms with Crippen molar-refractivity contribution in [3.05, 3.63) is 11.7 Å². The van der Waals surface area contributed by atoms with Crippen LogP contribution in [0.3, 0.4) is 0 Å². The van der Waals surface area contributed by atoms with E-state index >= 15 is 0 Å². The van der Waals surface area contributed by atoms with Gasteiger partial charge in [0.1, 0.15) is 0 Å². The van der Waals surface area contributed by atoms with Crippen molar-refractivity contribution in [2.75, 3.05) is 0 Å². The van der Waals surface area contributed by atoms with E-state index in [1.54, 1.807) is 0 Å². The first-order chi connectivity index (χ1) is 6.48. The maximum Gasteiger partial charge on any atom is 0.378 e. The molecule has 1 aromatic rings. The Morgan fingerprint density at radius 3 is 2.64 bits per heavy atom. The predicted octanol–water partition coefficient (Wildman–Crippen LogP) is 1.92. The molecular formula is C7H8BrF2N3O. The zero-order valence-corrected chi connectivity index (χ0v) is 8.67. The highest BCUT2D eigenvalue weighted by molar-refractivity contribution is 9.09. The molecule has 14 heavy (non-hydrogen) atoms. The molecule has 1 unspecified atom stereocenters. The van der Waals surface area contributed by atoms with Crippen molar-refractivity contribution >= 4 is 15.9 Å². The highest BCUT2D eigenvalue weighted by atomic mass is 79.9. The fourth-order valence-electron chi connectivity index (χ4n) is 1.15. The monoisotopic (exact) mass is 267 g/mol. The van der Waals surface area contributed by atoms with E-state index < -0.39 is 10.7 Å². The number of hydrogen-bond acceptors (Lipinski definition) is 4. The summed E-state index contributed by atoms with van der Waals surface area (Å²) in [6.45, 7) is 0. The van der Waals surface area contributed by atoms with Crippen molar-refractivity contribution in [1.29, 1.82) is 0 Å². The Labute approximate surface area is 87.0 Å². The highest BCUT2D eigenvalue weighted by Gasteiger charge is 2.38. The summed E-state index contributed by atoms with van der Waals surface area (Å²) in [5.74, 6) is -0.283. The van der Waals surface area contributed by atoms with Gasteiger partial charge in [0.15, 0.2) is 5.82 Å². The normalized spacial score (nSPS) is 19.7. The molecule has 78 valence electrons. The van der Waals surface area contributed by atoms with Gasteiger partial charge in [0.25, 0.3) is 0 Å². The lowest BCUT2D eigenvalue weighted by atomic mass is 10.2. The molecule has 0 radical (unpaired) electrons. The lowest BCUT2D eigenvalue weighted by Gasteiger charge is -2.02. The Morgan fingerprint density at radius 2 is 2.21 bits per heavy atom. The maximum absolute atomic E-state index is 12.6. The van der Waals surface area contributed by atoms with Gasteiger partial charge in [-0.2, -0.15) is 13.8 Å². The number of nitrogens with zero attached hydrogens (tertiary/aromatic N) is 2. The van der Waals surface area contributed by atoms with Gasteiger partial charge < -0.3 is 10.3 Å². The Kier molecular flexibility index (Phi) is 2.30. The largest absolute Gasteiger partial charge is 0.378 e. The summed E-state index contributed by atoms with van der Waals surface area (Å²) in [7, 11) is 0. The zero-order chi connectivity index (χ0) is 10.3. The number of aromatic nitrogens is 2. The Balaban J connectivity index is 2.16. The highest BCUT2D eigenvalue weighted by Crippen LogP contribution is 2.39. The van der Waals surface area contributed by atoms with E-state index in [1.807, 2.05) is 0 Å². The lowest BCUT2D eigenvalue weighted by Crippen LogP contribution is -2.14. The van der Waals surface area contributed by atoms with Gasteiger partial charge in [-0.3, -0.25) is 0 Å². The summed E-state index contributed by atoms with van der Waals surface area (Å²) in [4.78, 5) is 0.267. The van der Waals surface area contributed by atoms with Gasteiger partial charge in [0.2, 0.25) is 0 Å². The zero-order valence-electron chi connectivity index (χ0n) is 7.08. The third-order valence-corrected chi connectivity index (χ3v) is 2.45. The van der Waals surface area contributed by atoms with E-state index in [0.717, 1.165) is 12.8 Å². The van der Waals surface area contributed by atoms with Crippen LogP contribution in [-0.4, -0.2) is 10.1 Å². The van der Waals surface area contributed by atoms with Crippen molar-refractivity contribution in [3.63, 3.8) is 0 Å². The molecular weight excluding hydrogens is 260 g/mol. The predicted molar refractivity (Wildman–Crippen MR) is 46.8 cm³/mol. The summed E-state index contributed by atoms with van der Waals surface area (Å²) in [5.41, 5.74) is 5.71. The van der Waals surface area contributed by atoms with Crippen LogP contribution < -0.4 is 5.73 Å². The van der Waals surface area contributed by atoms with Crippen LogP contribution >= 0.6 is 15.9 Å². The van der Waals surface area contributed by atoms with Crippen molar-refractivity contribution in [3.8, 4) is 0 Å². The van der Waals surface area contributed by atoms with E-state index in [4.69, 9.17) is 5.73 Å². The van der Waals surface area contributed by atoms with Crippen molar-refractivity contribution < 1.29 is 13.3 Å². The molecule has 2 N–H and O–H groups in total. The van der Waals surface area contributed by atoms with Crippen LogP contribution in [0.5, 0.6) is 0 Å². The van der Waals surface area contributed by atoms with E-state index in [1.165, 1.54) is 0 Å². The van der Waals surface area contributed by atoms with Crippen LogP contribution in [0.4, 0.5) is 8.78 Å². The average Bonchev–Trinajstić information content (AvgIpc) is 2.79. The molecule has 0 amide bonds. The number of rotatable bonds is 3. The van der Waals surface area contributed by atoms with Gasteiger partial charge in [-0.15, -0.1) is 0 Å². The lowest BCUT2D eigenvalue weighted by molar-refractivity contribution is 0.0725. The minimum Gasteiger partial charge on any atom is -0.331 e. The molecule has 2 rings (SSSR count). The molecule has 7 heteroatoms. The molecule has 1 heterocycles. The van der Waals surface area contributed by atoms with E-state index in [9.17, 15) is 8.78 Å². The molecule has 0 bridgehead atoms. The van der Waals surface area contributed by atoms with Crippen molar-refractivity contribution in [2.24, 2.45) is 11.7 Å². The summed E-state index contributed by atoms with van der Waals surface area (Å²) in [6, 6.07) is -0.387. The van der Waals surface area contributed by atoms with Gasteiger partial charge in [0, 0.05) is 15.9 Å². The van der Waals surface area contributed by atoms with Crippen LogP contribution in [0.2, 0.25) is 0 Å². The van der Waals surface area contributed by atoms with E-state index in [2.05, 4.69) is 30.6 Å². The first kappa shape index (κ1) is 9.97. The minimum atomic E-state index is -3.28. The second-order valence-electron chi connectivity index (χ2n) is 3.32. The van der Waals surface area contributed by atoms with Crippen LogP contribution in [0.1, 0.15) is 30.6 Å². The van der Waals surface area contributed by atoms with Crippen molar-refractivity contribution in [1.82, 2.24) is 10.1 Å². The third kappa shape index (κ3) is 1.93. The second kappa shape index (κ2) is 3.23. The SMILES string of the molecule is NC(c1noc(C(F)(F)Br)n1)C1CC1. The van der Waals surface area contributed by atoms with Gasteiger partial charge in [-0.05, 0) is 18.8 Å². The van der Waals surface area contributed by atoms with Gasteiger partial charge in [0.05, 0.1) is 6.04 Å². The van der Waals surface area contributed by atoms with Crippen LogP contribution in [0.25, 0.3) is 0 Å². The van der Waals surface area contributed by atoms with Gasteiger partial charge in [-0.1, -0.05) is 5.16 Å². The average molecular weight is 268 g/mol. The standard InChI is InChI=1S/C7H8BrF2N3O/c8-7(9,10)6-12-5(13-14-6)4(11)3-1-2-3/h3-4H,1-2,11H2. The number of nitrogens with two attached hydrogens (primary N) is 1. The number of alkyl halides is 3. The molecule has 4 nitrogen and oxygen atoms in total. The molecule has 1 aliphatic rings. The molecule has 0 aromatic carbocycles. The molecule has 1 saturated carbocycles. The van der Waals surface area contributed by atoms with E-state index in [-0.39, 0.29) is 11.9 Å². The smallest absolute Gasteiger partial charge is 0.331 e. The topological polar surface area (TPSA) is 64.9 Å². The molecule has 1 aromatic heterocycles. The summed E-state index contributed by atoms with van der Waals surface area (Å²) in [5, 5.41) is 3.42. The van der Waals surface area contributed by atoms with Crippen LogP contribution in [0, 0.1) is 5.92 Å². The summed E-state index contributed by atoms with van der Waals surface area (Å²) >= 11 is 2.13. The van der Waals surface area contributed by atoms with Gasteiger partial charge in [-0.25, -0.2) is 0 Å². The number of hydrogen-bond donors (Lipinski definition) is 1. The first-order valence-corrected chi connectivity index (χ1v) is 4.94. The van der Waals surface area contributed by atoms with Crippen LogP contribution in [-0.2, 0) is 4.83 Å². The Hall–Kier alpha value is -0.560. The van der Waals surface area contributed by atoms with E-state index in [0.29, 0.717) is 5.92 Å². The number of halogens is 3. The first-order valence-electron chi connectivity index (χ1n) is 4.15. The minimum absolute atomic E-state index is 0.154. The van der Waals surface area contributed by atoms with Gasteiger partial charge >= 0.3 is 10.7 Å². The molecule has 0 aliphatic heterocycles. The molecule has 0 spiro atoms. The molecule has 1 fully saturated rings. The Morgan fingerprint density at radius 1 is 1.57 bits per heavy atom. The maximum atomic E-state index is 12.6. The molecule has 0 saturated heterocycles. The second-order valence-corrected chi connectivity index (χ2v) is 4.31. The molecule has 1 aliphatic carbocycles. The quantitative estimate of drug-likeness (QED) is 0.850. The summed E-state index contributed by atoms with van der Waals surface area (Å²) < 4.78 is 29.6. The molecule has 1 atom stereocenters. The third-order valence-electron chi connectivity index (χ3n) is 2.11. The summed E-state index contributed by atoms with van der Waals surface area (Å²) in [6.07, 6.45) is 1.99. The fraction of sp³-hybridized carbons (Fsp3) is 0.714. The van der Waals surface area contributed by atoms with Crippen LogP contribution in [0.15, 0.2) is 4.52 Å². The van der Waals surface area contributed by atoms with Crippen molar-refractivity contribution in [2.45, 2.75) is 23.7 Å².